The molecule has 5 heteroatoms. The van der Waals surface area contributed by atoms with Crippen molar-refractivity contribution >= 4 is 11.2 Å². The number of hydrogen-bond donors (Lipinski definition) is 2. The summed E-state index contributed by atoms with van der Waals surface area (Å²) in [6.45, 7) is 0.844. The molecule has 2 heterocycles. The Morgan fingerprint density at radius 2 is 2.17 bits per heavy atom. The number of fused-ring (bicyclic) bond motifs is 1. The van der Waals surface area contributed by atoms with Gasteiger partial charge in [0.05, 0.1) is 18.5 Å². The Kier molecular flexibility index (Phi) is 3.04. The van der Waals surface area contributed by atoms with Crippen LogP contribution in [0.1, 0.15) is 55.9 Å². The maximum Gasteiger partial charge on any atom is 0.245 e. The van der Waals surface area contributed by atoms with Gasteiger partial charge in [-0.25, -0.2) is 9.97 Å². The first-order valence-electron chi connectivity index (χ1n) is 8.83. The van der Waals surface area contributed by atoms with Crippen molar-refractivity contribution in [3.8, 4) is 0 Å². The van der Waals surface area contributed by atoms with Crippen molar-refractivity contribution in [3.05, 3.63) is 23.7 Å². The second-order valence-electron chi connectivity index (χ2n) is 7.92. The third kappa shape index (κ3) is 2.46. The molecule has 0 spiro atoms. The van der Waals surface area contributed by atoms with Crippen molar-refractivity contribution < 1.29 is 9.52 Å². The SMILES string of the molecule is OCC(CC12CC(C1)C2)NCc1cnc2oc(C3CC3)cc2n1. The quantitative estimate of drug-likeness (QED) is 0.822. The maximum atomic E-state index is 9.63. The Bertz CT molecular complexity index is 720. The van der Waals surface area contributed by atoms with Gasteiger partial charge in [-0.1, -0.05) is 0 Å². The minimum atomic E-state index is 0.167. The van der Waals surface area contributed by atoms with Crippen LogP contribution in [0.25, 0.3) is 11.2 Å². The minimum Gasteiger partial charge on any atom is -0.441 e. The predicted octanol–water partition coefficient (Wildman–Crippen LogP) is 2.74. The van der Waals surface area contributed by atoms with E-state index in [1.165, 1.54) is 32.1 Å². The van der Waals surface area contributed by atoms with Crippen LogP contribution in [0.15, 0.2) is 16.7 Å². The Morgan fingerprint density at radius 3 is 2.83 bits per heavy atom. The lowest BCUT2D eigenvalue weighted by Gasteiger charge is -2.63. The smallest absolute Gasteiger partial charge is 0.245 e. The molecule has 6 rings (SSSR count). The van der Waals surface area contributed by atoms with Gasteiger partial charge in [0.1, 0.15) is 11.3 Å². The highest BCUT2D eigenvalue weighted by atomic mass is 16.3. The molecule has 2 N–H and O–H groups in total. The number of nitrogens with one attached hydrogen (secondary N) is 1. The van der Waals surface area contributed by atoms with Crippen molar-refractivity contribution in [2.24, 2.45) is 11.3 Å². The molecular formula is C18H23N3O2. The summed E-state index contributed by atoms with van der Waals surface area (Å²) in [5.74, 6) is 2.60. The first-order valence-corrected chi connectivity index (χ1v) is 8.83. The molecule has 5 nitrogen and oxygen atoms in total. The van der Waals surface area contributed by atoms with Crippen LogP contribution in [0.3, 0.4) is 0 Å². The van der Waals surface area contributed by atoms with E-state index in [4.69, 9.17) is 4.42 Å². The normalized spacial score (nSPS) is 30.0. The number of nitrogens with zero attached hydrogens (tertiary/aromatic N) is 2. The molecule has 2 aromatic rings. The molecule has 4 saturated carbocycles. The molecule has 4 fully saturated rings. The maximum absolute atomic E-state index is 9.63. The average Bonchev–Trinajstić information content (AvgIpc) is 3.24. The predicted molar refractivity (Wildman–Crippen MR) is 85.9 cm³/mol. The molecular weight excluding hydrogens is 290 g/mol. The largest absolute Gasteiger partial charge is 0.441 e. The van der Waals surface area contributed by atoms with E-state index in [2.05, 4.69) is 15.3 Å². The van der Waals surface area contributed by atoms with Gasteiger partial charge >= 0.3 is 0 Å². The molecule has 4 aliphatic carbocycles. The molecule has 2 bridgehead atoms. The molecule has 122 valence electrons. The van der Waals surface area contributed by atoms with Gasteiger partial charge in [-0.05, 0) is 49.9 Å². The van der Waals surface area contributed by atoms with Crippen LogP contribution in [0.4, 0.5) is 0 Å². The molecule has 0 radical (unpaired) electrons. The Labute approximate surface area is 135 Å². The Morgan fingerprint density at radius 1 is 1.35 bits per heavy atom. The summed E-state index contributed by atoms with van der Waals surface area (Å²) in [7, 11) is 0. The van der Waals surface area contributed by atoms with E-state index < -0.39 is 0 Å². The number of aliphatic hydroxyl groups excluding tert-OH is 1. The summed E-state index contributed by atoms with van der Waals surface area (Å²) in [5.41, 5.74) is 2.95. The van der Waals surface area contributed by atoms with Crippen LogP contribution in [0, 0.1) is 11.3 Å². The summed E-state index contributed by atoms with van der Waals surface area (Å²) in [5, 5.41) is 13.1. The molecule has 0 amide bonds. The molecule has 0 aromatic carbocycles. The summed E-state index contributed by atoms with van der Waals surface area (Å²) in [6.07, 6.45) is 9.42. The highest BCUT2D eigenvalue weighted by Gasteiger charge is 2.56. The lowest BCUT2D eigenvalue weighted by molar-refractivity contribution is -0.120. The van der Waals surface area contributed by atoms with E-state index in [0.717, 1.165) is 29.3 Å². The summed E-state index contributed by atoms with van der Waals surface area (Å²) in [6, 6.07) is 2.20. The molecule has 23 heavy (non-hydrogen) atoms. The zero-order valence-electron chi connectivity index (χ0n) is 13.3. The lowest BCUT2D eigenvalue weighted by atomic mass is 9.43. The third-order valence-corrected chi connectivity index (χ3v) is 5.92. The summed E-state index contributed by atoms with van der Waals surface area (Å²) >= 11 is 0. The van der Waals surface area contributed by atoms with Gasteiger partial charge in [0.15, 0.2) is 0 Å². The first-order chi connectivity index (χ1) is 11.2. The molecule has 1 atom stereocenters. The molecule has 4 aliphatic rings. The van der Waals surface area contributed by atoms with E-state index >= 15 is 0 Å². The fourth-order valence-electron chi connectivity index (χ4n) is 4.41. The second kappa shape index (κ2) is 5.02. The molecule has 0 saturated heterocycles. The van der Waals surface area contributed by atoms with Gasteiger partial charge in [0, 0.05) is 24.6 Å². The Balaban J connectivity index is 1.24. The van der Waals surface area contributed by atoms with E-state index in [-0.39, 0.29) is 12.6 Å². The molecule has 0 aliphatic heterocycles. The molecule has 2 aromatic heterocycles. The van der Waals surface area contributed by atoms with Gasteiger partial charge in [-0.15, -0.1) is 0 Å². The lowest BCUT2D eigenvalue weighted by Crippen LogP contribution is -2.55. The first kappa shape index (κ1) is 13.9. The number of aromatic nitrogens is 2. The van der Waals surface area contributed by atoms with Crippen molar-refractivity contribution in [1.82, 2.24) is 15.3 Å². The van der Waals surface area contributed by atoms with Crippen LogP contribution in [-0.2, 0) is 6.54 Å². The number of hydrogen-bond acceptors (Lipinski definition) is 5. The highest BCUT2D eigenvalue weighted by molar-refractivity contribution is 5.69. The highest BCUT2D eigenvalue weighted by Crippen LogP contribution is 2.66. The fourth-order valence-corrected chi connectivity index (χ4v) is 4.41. The minimum absolute atomic E-state index is 0.167. The third-order valence-electron chi connectivity index (χ3n) is 5.92. The van der Waals surface area contributed by atoms with Crippen LogP contribution in [0.2, 0.25) is 0 Å². The van der Waals surface area contributed by atoms with Crippen LogP contribution in [0.5, 0.6) is 0 Å². The second-order valence-corrected chi connectivity index (χ2v) is 7.92. The van der Waals surface area contributed by atoms with E-state index in [1.54, 1.807) is 6.20 Å². The van der Waals surface area contributed by atoms with E-state index in [0.29, 0.717) is 23.6 Å². The number of furan rings is 1. The van der Waals surface area contributed by atoms with Crippen molar-refractivity contribution in [2.45, 2.75) is 57.0 Å². The zero-order chi connectivity index (χ0) is 15.4. The topological polar surface area (TPSA) is 71.2 Å². The van der Waals surface area contributed by atoms with Crippen molar-refractivity contribution in [3.63, 3.8) is 0 Å². The van der Waals surface area contributed by atoms with Gasteiger partial charge in [-0.3, -0.25) is 0 Å². The monoisotopic (exact) mass is 313 g/mol. The summed E-state index contributed by atoms with van der Waals surface area (Å²) < 4.78 is 5.75. The average molecular weight is 313 g/mol. The standard InChI is InChI=1S/C18H23N3O2/c22-10-13(7-18-4-11(5-18)6-18)19-8-14-9-20-17-15(21-14)3-16(23-17)12-1-2-12/h3,9,11-13,19,22H,1-2,4-8,10H2. The van der Waals surface area contributed by atoms with Gasteiger partial charge in [0.25, 0.3) is 0 Å². The van der Waals surface area contributed by atoms with Gasteiger partial charge in [-0.2, -0.15) is 0 Å². The van der Waals surface area contributed by atoms with Crippen molar-refractivity contribution in [2.75, 3.05) is 6.61 Å². The van der Waals surface area contributed by atoms with Gasteiger partial charge < -0.3 is 14.8 Å². The Hall–Kier alpha value is -1.46. The molecule has 1 unspecified atom stereocenters. The number of rotatable bonds is 7. The van der Waals surface area contributed by atoms with Crippen LogP contribution >= 0.6 is 0 Å². The van der Waals surface area contributed by atoms with Crippen LogP contribution in [-0.4, -0.2) is 27.7 Å². The number of aliphatic hydroxyl groups is 1. The fraction of sp³-hybridized carbons (Fsp3) is 0.667. The van der Waals surface area contributed by atoms with Gasteiger partial charge in [0.2, 0.25) is 5.71 Å². The van der Waals surface area contributed by atoms with Crippen molar-refractivity contribution in [1.29, 1.82) is 0 Å². The summed E-state index contributed by atoms with van der Waals surface area (Å²) in [4.78, 5) is 9.05. The van der Waals surface area contributed by atoms with E-state index in [9.17, 15) is 5.11 Å². The zero-order valence-corrected chi connectivity index (χ0v) is 13.3. The van der Waals surface area contributed by atoms with E-state index in [1.807, 2.05) is 6.07 Å². The van der Waals surface area contributed by atoms with Crippen LogP contribution < -0.4 is 5.32 Å².